The molecule has 2 aromatic heterocycles. The molecule has 1 fully saturated rings. The Hall–Kier alpha value is -2.80. The van der Waals surface area contributed by atoms with Crippen LogP contribution in [0.2, 0.25) is 0 Å². The lowest BCUT2D eigenvalue weighted by atomic mass is 10.2. The molecule has 0 saturated carbocycles. The van der Waals surface area contributed by atoms with E-state index in [1.807, 2.05) is 41.8 Å². The highest BCUT2D eigenvalue weighted by atomic mass is 33.1. The van der Waals surface area contributed by atoms with Crippen LogP contribution in [-0.2, 0) is 31.7 Å². The summed E-state index contributed by atoms with van der Waals surface area (Å²) in [5, 5.41) is 0. The Balaban J connectivity index is 1.29. The second-order valence-corrected chi connectivity index (χ2v) is 13.8. The van der Waals surface area contributed by atoms with Crippen molar-refractivity contribution in [2.24, 2.45) is 0 Å². The van der Waals surface area contributed by atoms with Crippen molar-refractivity contribution in [3.63, 3.8) is 0 Å². The Labute approximate surface area is 246 Å². The molecule has 11 nitrogen and oxygen atoms in total. The van der Waals surface area contributed by atoms with Crippen molar-refractivity contribution in [3.8, 4) is 11.5 Å². The lowest BCUT2D eigenvalue weighted by Gasteiger charge is -2.33. The predicted molar refractivity (Wildman–Crippen MR) is 161 cm³/mol. The van der Waals surface area contributed by atoms with Crippen molar-refractivity contribution in [1.82, 2.24) is 19.5 Å². The second kappa shape index (κ2) is 13.9. The molecule has 0 radical (unpaired) electrons. The van der Waals surface area contributed by atoms with Crippen LogP contribution in [0.25, 0.3) is 11.2 Å². The third-order valence-corrected chi connectivity index (χ3v) is 10.2. The summed E-state index contributed by atoms with van der Waals surface area (Å²) in [6, 6.07) is 16.8. The maximum atomic E-state index is 14.3. The van der Waals surface area contributed by atoms with Crippen molar-refractivity contribution in [2.45, 2.75) is 38.4 Å². The van der Waals surface area contributed by atoms with Crippen LogP contribution < -0.4 is 15.0 Å². The zero-order valence-electron chi connectivity index (χ0n) is 22.7. The Kier molecular flexibility index (Phi) is 10.1. The minimum absolute atomic E-state index is 0.260. The Morgan fingerprint density at radius 3 is 2.51 bits per heavy atom. The summed E-state index contributed by atoms with van der Waals surface area (Å²) in [7, 11) is 1.14. The number of nitrogens with two attached hydrogens (primary N) is 1. The number of nitrogens with zero attached hydrogens (tertiary/aromatic N) is 4. The van der Waals surface area contributed by atoms with E-state index in [0.29, 0.717) is 53.1 Å². The molecule has 0 bridgehead atoms. The Bertz CT molecular complexity index is 1460. The highest BCUT2D eigenvalue weighted by molar-refractivity contribution is 8.76. The molecular weight excluding hydrogens is 585 g/mol. The van der Waals surface area contributed by atoms with Gasteiger partial charge in [-0.05, 0) is 36.8 Å². The molecule has 5 rings (SSSR count). The van der Waals surface area contributed by atoms with Gasteiger partial charge in [-0.15, -0.1) is 0 Å². The number of anilines is 1. The number of hydrogen-bond acceptors (Lipinski definition) is 12. The van der Waals surface area contributed by atoms with E-state index in [-0.39, 0.29) is 18.6 Å². The SMILES string of the molecule is COc1ccc(OP(=O)(CO[C@H](C)Cn2cnc3c(N)ncnc32)OC2CSSC[C@H]2OCc2ccccc2)cc1. The van der Waals surface area contributed by atoms with Crippen LogP contribution in [0.15, 0.2) is 67.3 Å². The Morgan fingerprint density at radius 1 is 1.02 bits per heavy atom. The average Bonchev–Trinajstić information content (AvgIpc) is 3.40. The molecule has 1 aliphatic rings. The van der Waals surface area contributed by atoms with Crippen LogP contribution in [0.5, 0.6) is 11.5 Å². The smallest absolute Gasteiger partial charge is 0.405 e. The average molecular weight is 618 g/mol. The van der Waals surface area contributed by atoms with Gasteiger partial charge in [0, 0.05) is 11.5 Å². The minimum Gasteiger partial charge on any atom is -0.497 e. The van der Waals surface area contributed by atoms with E-state index in [4.69, 9.17) is 29.0 Å². The number of fused-ring (bicyclic) bond motifs is 1. The van der Waals surface area contributed by atoms with Gasteiger partial charge in [-0.2, -0.15) is 0 Å². The van der Waals surface area contributed by atoms with Crippen LogP contribution in [0, 0.1) is 0 Å². The van der Waals surface area contributed by atoms with Gasteiger partial charge in [0.05, 0.1) is 38.8 Å². The van der Waals surface area contributed by atoms with Gasteiger partial charge in [0.1, 0.15) is 29.4 Å². The van der Waals surface area contributed by atoms with E-state index >= 15 is 0 Å². The van der Waals surface area contributed by atoms with E-state index in [1.165, 1.54) is 6.33 Å². The number of imidazole rings is 1. The van der Waals surface area contributed by atoms with Gasteiger partial charge in [-0.3, -0.25) is 4.52 Å². The maximum Gasteiger partial charge on any atom is 0.405 e. The van der Waals surface area contributed by atoms with Crippen LogP contribution in [0.3, 0.4) is 0 Å². The minimum atomic E-state index is -3.80. The van der Waals surface area contributed by atoms with Crippen LogP contribution >= 0.6 is 29.2 Å². The summed E-state index contributed by atoms with van der Waals surface area (Å²) in [4.78, 5) is 12.6. The fourth-order valence-corrected chi connectivity index (χ4v) is 8.34. The molecule has 2 aromatic carbocycles. The largest absolute Gasteiger partial charge is 0.497 e. The van der Waals surface area contributed by atoms with Crippen molar-refractivity contribution in [1.29, 1.82) is 0 Å². The van der Waals surface area contributed by atoms with Gasteiger partial charge in [0.25, 0.3) is 0 Å². The highest BCUT2D eigenvalue weighted by Gasteiger charge is 2.38. The van der Waals surface area contributed by atoms with Gasteiger partial charge in [0.15, 0.2) is 17.8 Å². The molecule has 4 atom stereocenters. The summed E-state index contributed by atoms with van der Waals surface area (Å²) in [6.45, 7) is 2.70. The van der Waals surface area contributed by atoms with E-state index in [0.717, 1.165) is 5.56 Å². The monoisotopic (exact) mass is 617 g/mol. The number of rotatable bonds is 13. The fourth-order valence-electron chi connectivity index (χ4n) is 4.14. The lowest BCUT2D eigenvalue weighted by molar-refractivity contribution is -0.0192. The molecule has 0 spiro atoms. The third kappa shape index (κ3) is 7.94. The van der Waals surface area contributed by atoms with Gasteiger partial charge in [-0.25, -0.2) is 19.5 Å². The van der Waals surface area contributed by atoms with E-state index in [1.54, 1.807) is 59.3 Å². The molecule has 2 N–H and O–H groups in total. The zero-order valence-corrected chi connectivity index (χ0v) is 25.2. The molecular formula is C27H32N5O6PS2. The van der Waals surface area contributed by atoms with Gasteiger partial charge < -0.3 is 29.0 Å². The number of aromatic nitrogens is 4. The molecule has 0 amide bonds. The van der Waals surface area contributed by atoms with Crippen LogP contribution in [0.1, 0.15) is 12.5 Å². The number of methoxy groups -OCH3 is 1. The first-order chi connectivity index (χ1) is 19.9. The van der Waals surface area contributed by atoms with Crippen molar-refractivity contribution < 1.29 is 27.8 Å². The Morgan fingerprint density at radius 2 is 1.76 bits per heavy atom. The summed E-state index contributed by atoms with van der Waals surface area (Å²) < 4.78 is 45.9. The normalized spacial score (nSPS) is 19.5. The molecule has 3 heterocycles. The number of hydrogen-bond donors (Lipinski definition) is 1. The van der Waals surface area contributed by atoms with Gasteiger partial charge in [-0.1, -0.05) is 51.9 Å². The first kappa shape index (κ1) is 29.7. The molecule has 1 aliphatic heterocycles. The van der Waals surface area contributed by atoms with E-state index in [9.17, 15) is 4.57 Å². The molecule has 14 heteroatoms. The van der Waals surface area contributed by atoms with Crippen molar-refractivity contribution in [2.75, 3.05) is 30.7 Å². The lowest BCUT2D eigenvalue weighted by Crippen LogP contribution is -2.38. The summed E-state index contributed by atoms with van der Waals surface area (Å²) in [6.07, 6.45) is 1.66. The van der Waals surface area contributed by atoms with Gasteiger partial charge in [0.2, 0.25) is 0 Å². The number of nitrogen functional groups attached to an aromatic ring is 1. The van der Waals surface area contributed by atoms with E-state index in [2.05, 4.69) is 15.0 Å². The van der Waals surface area contributed by atoms with Crippen LogP contribution in [0.4, 0.5) is 5.82 Å². The molecule has 218 valence electrons. The third-order valence-electron chi connectivity index (χ3n) is 6.27. The first-order valence-electron chi connectivity index (χ1n) is 13.0. The maximum absolute atomic E-state index is 14.3. The second-order valence-electron chi connectivity index (χ2n) is 9.36. The predicted octanol–water partition coefficient (Wildman–Crippen LogP) is 5.42. The quantitative estimate of drug-likeness (QED) is 0.152. The molecule has 2 unspecified atom stereocenters. The molecule has 0 aliphatic carbocycles. The van der Waals surface area contributed by atoms with Gasteiger partial charge >= 0.3 is 7.60 Å². The summed E-state index contributed by atoms with van der Waals surface area (Å²) in [5.41, 5.74) is 8.09. The fraction of sp³-hybridized carbons (Fsp3) is 0.370. The van der Waals surface area contributed by atoms with E-state index < -0.39 is 13.7 Å². The van der Waals surface area contributed by atoms with Crippen molar-refractivity contribution in [3.05, 3.63) is 72.8 Å². The standard InChI is InChI=1S/C27H32N5O6PS2/c1-19(12-32-17-31-25-26(28)29-16-30-27(25)32)36-18-39(33,37-22-10-8-21(34-2)9-11-22)38-24-15-41-40-14-23(24)35-13-20-6-4-3-5-7-20/h3-11,16-17,19,23-24H,12-15,18H2,1-2H3,(H2,28,29,30)/t19-,23-,24?,39?/m1/s1. The highest BCUT2D eigenvalue weighted by Crippen LogP contribution is 2.52. The van der Waals surface area contributed by atoms with Crippen LogP contribution in [-0.4, -0.2) is 62.8 Å². The molecule has 41 heavy (non-hydrogen) atoms. The number of ether oxygens (including phenoxy) is 3. The summed E-state index contributed by atoms with van der Waals surface area (Å²) in [5.74, 6) is 2.64. The zero-order chi connectivity index (χ0) is 28.7. The molecule has 1 saturated heterocycles. The number of benzene rings is 2. The van der Waals surface area contributed by atoms with Crippen molar-refractivity contribution >= 4 is 46.2 Å². The molecule has 4 aromatic rings. The first-order valence-corrected chi connectivity index (χ1v) is 17.2. The topological polar surface area (TPSA) is 133 Å². The summed E-state index contributed by atoms with van der Waals surface area (Å²) >= 11 is 0.